The van der Waals surface area contributed by atoms with E-state index < -0.39 is 0 Å². The lowest BCUT2D eigenvalue weighted by Crippen LogP contribution is -2.53. The number of nitrogens with one attached hydrogen (secondary N) is 1. The van der Waals surface area contributed by atoms with Crippen LogP contribution in [0.25, 0.3) is 5.69 Å². The molecule has 0 spiro atoms. The van der Waals surface area contributed by atoms with Crippen LogP contribution in [-0.4, -0.2) is 39.9 Å². The molecule has 0 radical (unpaired) electrons. The minimum Gasteiger partial charge on any atom is -0.311 e. The Bertz CT molecular complexity index is 596. The standard InChI is InChI=1S/C16H21ClN4.ClH/c1-12-9-20(13(2)7-18-12)10-14-8-19-21(11-14)16-5-3-15(17)4-6-16;/h3-6,8,11-13,18H,7,9-10H2,1-2H3;1H. The zero-order valence-electron chi connectivity index (χ0n) is 12.9. The molecule has 120 valence electrons. The van der Waals surface area contributed by atoms with E-state index in [1.165, 1.54) is 5.56 Å². The smallest absolute Gasteiger partial charge is 0.0646 e. The first-order chi connectivity index (χ1) is 10.1. The van der Waals surface area contributed by atoms with E-state index in [0.29, 0.717) is 12.1 Å². The summed E-state index contributed by atoms with van der Waals surface area (Å²) in [5, 5.41) is 8.71. The Labute approximate surface area is 142 Å². The van der Waals surface area contributed by atoms with E-state index in [1.54, 1.807) is 0 Å². The third-order valence-corrected chi connectivity index (χ3v) is 4.26. The molecule has 1 aromatic carbocycles. The second-order valence-electron chi connectivity index (χ2n) is 5.86. The number of halogens is 2. The second kappa shape index (κ2) is 7.47. The van der Waals surface area contributed by atoms with E-state index in [9.17, 15) is 0 Å². The molecule has 2 unspecified atom stereocenters. The summed E-state index contributed by atoms with van der Waals surface area (Å²) in [6, 6.07) is 8.84. The van der Waals surface area contributed by atoms with Gasteiger partial charge in [0.1, 0.15) is 0 Å². The van der Waals surface area contributed by atoms with Crippen molar-refractivity contribution in [3.05, 3.63) is 47.2 Å². The van der Waals surface area contributed by atoms with Crippen LogP contribution in [0.15, 0.2) is 36.7 Å². The second-order valence-corrected chi connectivity index (χ2v) is 6.29. The SMILES string of the molecule is CC1CN(Cc2cnn(-c3ccc(Cl)cc3)c2)C(C)CN1.Cl. The lowest BCUT2D eigenvalue weighted by Gasteiger charge is -2.37. The minimum atomic E-state index is 0. The van der Waals surface area contributed by atoms with Gasteiger partial charge in [0.2, 0.25) is 0 Å². The van der Waals surface area contributed by atoms with Crippen molar-refractivity contribution in [2.45, 2.75) is 32.5 Å². The van der Waals surface area contributed by atoms with Gasteiger partial charge in [-0.25, -0.2) is 4.68 Å². The summed E-state index contributed by atoms with van der Waals surface area (Å²) < 4.78 is 1.90. The summed E-state index contributed by atoms with van der Waals surface area (Å²) in [6.07, 6.45) is 4.05. The van der Waals surface area contributed by atoms with Crippen LogP contribution in [0.4, 0.5) is 0 Å². The van der Waals surface area contributed by atoms with Crippen LogP contribution in [0.5, 0.6) is 0 Å². The van der Waals surface area contributed by atoms with Crippen molar-refractivity contribution in [2.75, 3.05) is 13.1 Å². The average molecular weight is 341 g/mol. The number of benzene rings is 1. The topological polar surface area (TPSA) is 33.1 Å². The Kier molecular flexibility index (Phi) is 5.87. The van der Waals surface area contributed by atoms with Gasteiger partial charge >= 0.3 is 0 Å². The van der Waals surface area contributed by atoms with E-state index in [0.717, 1.165) is 30.3 Å². The highest BCUT2D eigenvalue weighted by Crippen LogP contribution is 2.16. The van der Waals surface area contributed by atoms with Crippen LogP contribution < -0.4 is 5.32 Å². The molecule has 1 fully saturated rings. The lowest BCUT2D eigenvalue weighted by atomic mass is 10.1. The molecule has 22 heavy (non-hydrogen) atoms. The fourth-order valence-electron chi connectivity index (χ4n) is 2.73. The highest BCUT2D eigenvalue weighted by Gasteiger charge is 2.22. The Balaban J connectivity index is 0.00000176. The summed E-state index contributed by atoms with van der Waals surface area (Å²) in [4.78, 5) is 2.50. The van der Waals surface area contributed by atoms with Crippen LogP contribution in [0.2, 0.25) is 5.02 Å². The Morgan fingerprint density at radius 2 is 2.00 bits per heavy atom. The number of hydrogen-bond acceptors (Lipinski definition) is 3. The first-order valence-corrected chi connectivity index (χ1v) is 7.76. The molecule has 1 N–H and O–H groups in total. The Morgan fingerprint density at radius 1 is 1.27 bits per heavy atom. The minimum absolute atomic E-state index is 0. The third kappa shape index (κ3) is 4.02. The van der Waals surface area contributed by atoms with Gasteiger partial charge in [-0.15, -0.1) is 12.4 Å². The van der Waals surface area contributed by atoms with Gasteiger partial charge in [0.15, 0.2) is 0 Å². The van der Waals surface area contributed by atoms with Gasteiger partial charge in [0.05, 0.1) is 11.9 Å². The van der Waals surface area contributed by atoms with Gasteiger partial charge in [0.25, 0.3) is 0 Å². The third-order valence-electron chi connectivity index (χ3n) is 4.01. The van der Waals surface area contributed by atoms with Crippen molar-refractivity contribution >= 4 is 24.0 Å². The largest absolute Gasteiger partial charge is 0.311 e. The van der Waals surface area contributed by atoms with Gasteiger partial charge in [0, 0.05) is 48.5 Å². The number of rotatable bonds is 3. The molecule has 0 amide bonds. The number of nitrogens with zero attached hydrogens (tertiary/aromatic N) is 3. The molecule has 1 aromatic heterocycles. The highest BCUT2D eigenvalue weighted by molar-refractivity contribution is 6.30. The number of hydrogen-bond donors (Lipinski definition) is 1. The Morgan fingerprint density at radius 3 is 2.73 bits per heavy atom. The quantitative estimate of drug-likeness (QED) is 0.931. The predicted octanol–water partition coefficient (Wildman–Crippen LogP) is 3.13. The molecule has 2 heterocycles. The molecule has 0 bridgehead atoms. The van der Waals surface area contributed by atoms with Crippen molar-refractivity contribution in [3.63, 3.8) is 0 Å². The van der Waals surface area contributed by atoms with Gasteiger partial charge < -0.3 is 5.32 Å². The summed E-state index contributed by atoms with van der Waals surface area (Å²) in [6.45, 7) is 7.57. The molecule has 4 nitrogen and oxygen atoms in total. The molecular weight excluding hydrogens is 319 g/mol. The molecule has 1 saturated heterocycles. The van der Waals surface area contributed by atoms with Crippen LogP contribution in [0.3, 0.4) is 0 Å². The summed E-state index contributed by atoms with van der Waals surface area (Å²) in [7, 11) is 0. The first-order valence-electron chi connectivity index (χ1n) is 7.39. The maximum absolute atomic E-state index is 5.92. The molecule has 2 atom stereocenters. The van der Waals surface area contributed by atoms with Crippen molar-refractivity contribution in [1.29, 1.82) is 0 Å². The fourth-order valence-corrected chi connectivity index (χ4v) is 2.85. The van der Waals surface area contributed by atoms with E-state index >= 15 is 0 Å². The van der Waals surface area contributed by atoms with Crippen LogP contribution in [-0.2, 0) is 6.54 Å². The molecule has 6 heteroatoms. The van der Waals surface area contributed by atoms with E-state index in [2.05, 4.69) is 35.4 Å². The van der Waals surface area contributed by atoms with Crippen molar-refractivity contribution < 1.29 is 0 Å². The van der Waals surface area contributed by atoms with Gasteiger partial charge in [-0.2, -0.15) is 5.10 Å². The van der Waals surface area contributed by atoms with Crippen LogP contribution >= 0.6 is 24.0 Å². The lowest BCUT2D eigenvalue weighted by molar-refractivity contribution is 0.139. The first kappa shape index (κ1) is 17.3. The van der Waals surface area contributed by atoms with Crippen LogP contribution in [0.1, 0.15) is 19.4 Å². The molecule has 3 rings (SSSR count). The van der Waals surface area contributed by atoms with Gasteiger partial charge in [-0.1, -0.05) is 11.6 Å². The van der Waals surface area contributed by atoms with E-state index in [4.69, 9.17) is 11.6 Å². The molecule has 1 aliphatic rings. The zero-order chi connectivity index (χ0) is 14.8. The van der Waals surface area contributed by atoms with E-state index in [-0.39, 0.29) is 12.4 Å². The molecule has 1 aliphatic heterocycles. The maximum Gasteiger partial charge on any atom is 0.0646 e. The number of aromatic nitrogens is 2. The maximum atomic E-state index is 5.92. The Hall–Kier alpha value is -1.07. The molecule has 2 aromatic rings. The zero-order valence-corrected chi connectivity index (χ0v) is 14.4. The van der Waals surface area contributed by atoms with Crippen molar-refractivity contribution in [2.24, 2.45) is 0 Å². The fraction of sp³-hybridized carbons (Fsp3) is 0.438. The molecule has 0 aliphatic carbocycles. The monoisotopic (exact) mass is 340 g/mol. The number of piperazine rings is 1. The van der Waals surface area contributed by atoms with Crippen LogP contribution in [0, 0.1) is 0 Å². The summed E-state index contributed by atoms with van der Waals surface area (Å²) >= 11 is 5.92. The van der Waals surface area contributed by atoms with Gasteiger partial charge in [-0.3, -0.25) is 4.90 Å². The summed E-state index contributed by atoms with van der Waals surface area (Å²) in [5.41, 5.74) is 2.28. The normalized spacial score (nSPS) is 22.3. The van der Waals surface area contributed by atoms with E-state index in [1.807, 2.05) is 35.1 Å². The van der Waals surface area contributed by atoms with Crippen molar-refractivity contribution in [3.8, 4) is 5.69 Å². The highest BCUT2D eigenvalue weighted by atomic mass is 35.5. The van der Waals surface area contributed by atoms with Gasteiger partial charge in [-0.05, 0) is 38.1 Å². The predicted molar refractivity (Wildman–Crippen MR) is 93.2 cm³/mol. The average Bonchev–Trinajstić information content (AvgIpc) is 2.92. The summed E-state index contributed by atoms with van der Waals surface area (Å²) in [5.74, 6) is 0. The molecular formula is C16H22Cl2N4. The molecule has 0 saturated carbocycles. The van der Waals surface area contributed by atoms with Crippen molar-refractivity contribution in [1.82, 2.24) is 20.0 Å².